The summed E-state index contributed by atoms with van der Waals surface area (Å²) in [4.78, 5) is 12.0. The van der Waals surface area contributed by atoms with Gasteiger partial charge in [0.1, 0.15) is 5.76 Å². The molecule has 1 heterocycles. The third-order valence-electron chi connectivity index (χ3n) is 4.42. The van der Waals surface area contributed by atoms with Gasteiger partial charge in [0.25, 0.3) is 5.91 Å². The summed E-state index contributed by atoms with van der Waals surface area (Å²) in [5.74, 6) is 2.36. The van der Waals surface area contributed by atoms with Gasteiger partial charge in [0.15, 0.2) is 5.69 Å². The van der Waals surface area contributed by atoms with Gasteiger partial charge >= 0.3 is 0 Å². The van der Waals surface area contributed by atoms with Crippen LogP contribution >= 0.6 is 0 Å². The van der Waals surface area contributed by atoms with Crippen LogP contribution in [0, 0.1) is 5.92 Å². The molecule has 21 heavy (non-hydrogen) atoms. The average molecular weight is 282 g/mol. The Morgan fingerprint density at radius 1 is 1.29 bits per heavy atom. The third-order valence-corrected chi connectivity index (χ3v) is 4.42. The number of aromatic nitrogens is 1. The van der Waals surface area contributed by atoms with E-state index in [1.807, 2.05) is 6.07 Å². The Hall–Kier alpha value is -2.10. The summed E-state index contributed by atoms with van der Waals surface area (Å²) in [6.45, 7) is 0.712. The van der Waals surface area contributed by atoms with Gasteiger partial charge in [-0.2, -0.15) is 0 Å². The van der Waals surface area contributed by atoms with Crippen LogP contribution in [0.3, 0.4) is 0 Å². The van der Waals surface area contributed by atoms with Crippen LogP contribution in [-0.4, -0.2) is 17.6 Å². The fraction of sp³-hybridized carbons (Fsp3) is 0.412. The summed E-state index contributed by atoms with van der Waals surface area (Å²) in [7, 11) is 0. The van der Waals surface area contributed by atoms with Gasteiger partial charge in [-0.05, 0) is 36.7 Å². The number of carbonyl (C=O) groups is 1. The number of rotatable bonds is 5. The second kappa shape index (κ2) is 5.02. The highest BCUT2D eigenvalue weighted by Gasteiger charge is 2.38. The first-order chi connectivity index (χ1) is 10.3. The molecule has 0 bridgehead atoms. The molecule has 2 aliphatic carbocycles. The highest BCUT2D eigenvalue weighted by atomic mass is 16.5. The molecule has 108 valence electrons. The van der Waals surface area contributed by atoms with Gasteiger partial charge in [-0.25, -0.2) is 0 Å². The number of carbonyl (C=O) groups excluding carboxylic acids is 1. The Labute approximate surface area is 123 Å². The highest BCUT2D eigenvalue weighted by Crippen LogP contribution is 2.46. The number of benzene rings is 1. The van der Waals surface area contributed by atoms with Crippen LogP contribution in [0.25, 0.3) is 0 Å². The first-order valence-electron chi connectivity index (χ1n) is 7.61. The van der Waals surface area contributed by atoms with Crippen LogP contribution in [-0.2, 0) is 0 Å². The topological polar surface area (TPSA) is 55.1 Å². The van der Waals surface area contributed by atoms with Crippen LogP contribution in [0.15, 0.2) is 40.9 Å². The zero-order valence-electron chi connectivity index (χ0n) is 11.8. The van der Waals surface area contributed by atoms with E-state index in [-0.39, 0.29) is 5.91 Å². The van der Waals surface area contributed by atoms with Crippen molar-refractivity contribution < 1.29 is 9.32 Å². The molecule has 2 saturated carbocycles. The van der Waals surface area contributed by atoms with Crippen molar-refractivity contribution >= 4 is 5.91 Å². The molecule has 0 radical (unpaired) electrons. The molecule has 4 heteroatoms. The molecule has 4 nitrogen and oxygen atoms in total. The van der Waals surface area contributed by atoms with Crippen LogP contribution in [0.4, 0.5) is 0 Å². The maximum Gasteiger partial charge on any atom is 0.273 e. The SMILES string of the molecule is O=C(NCC1CC1c1ccccc1)c1cc(C2CC2)on1. The minimum absolute atomic E-state index is 0.121. The van der Waals surface area contributed by atoms with Crippen LogP contribution in [0.2, 0.25) is 0 Å². The molecule has 1 aromatic carbocycles. The molecule has 2 aromatic rings. The van der Waals surface area contributed by atoms with E-state index in [1.165, 1.54) is 5.56 Å². The molecule has 0 aliphatic heterocycles. The van der Waals surface area contributed by atoms with Crippen LogP contribution in [0.1, 0.15) is 52.9 Å². The minimum atomic E-state index is -0.121. The van der Waals surface area contributed by atoms with Crippen molar-refractivity contribution in [1.29, 1.82) is 0 Å². The van der Waals surface area contributed by atoms with Crippen molar-refractivity contribution in [3.05, 3.63) is 53.4 Å². The summed E-state index contributed by atoms with van der Waals surface area (Å²) in [6, 6.07) is 12.3. The van der Waals surface area contributed by atoms with Gasteiger partial charge in [0.05, 0.1) is 0 Å². The normalized spacial score (nSPS) is 23.8. The molecule has 2 fully saturated rings. The van der Waals surface area contributed by atoms with Gasteiger partial charge in [-0.1, -0.05) is 35.5 Å². The zero-order valence-corrected chi connectivity index (χ0v) is 11.8. The largest absolute Gasteiger partial charge is 0.360 e. The van der Waals surface area contributed by atoms with Crippen molar-refractivity contribution in [2.75, 3.05) is 6.54 Å². The fourth-order valence-corrected chi connectivity index (χ4v) is 2.85. The highest BCUT2D eigenvalue weighted by molar-refractivity contribution is 5.92. The van der Waals surface area contributed by atoms with Crippen LogP contribution in [0.5, 0.6) is 0 Å². The van der Waals surface area contributed by atoms with Gasteiger partial charge in [-0.3, -0.25) is 4.79 Å². The van der Waals surface area contributed by atoms with Crippen molar-refractivity contribution in [2.24, 2.45) is 5.92 Å². The van der Waals surface area contributed by atoms with E-state index in [2.05, 4.69) is 34.7 Å². The smallest absolute Gasteiger partial charge is 0.273 e. The Morgan fingerprint density at radius 2 is 2.10 bits per heavy atom. The average Bonchev–Trinajstić information content (AvgIpc) is 3.44. The standard InChI is InChI=1S/C17H18N2O2/c20-17(15-9-16(21-19-15)12-6-7-12)18-10-13-8-14(13)11-4-2-1-3-5-11/h1-5,9,12-14H,6-8,10H2,(H,18,20). The van der Waals surface area contributed by atoms with E-state index in [4.69, 9.17) is 4.52 Å². The summed E-state index contributed by atoms with van der Waals surface area (Å²) >= 11 is 0. The van der Waals surface area contributed by atoms with E-state index in [0.717, 1.165) is 25.0 Å². The Balaban J connectivity index is 1.30. The quantitative estimate of drug-likeness (QED) is 0.917. The summed E-state index contributed by atoms with van der Waals surface area (Å²) in [5.41, 5.74) is 1.78. The second-order valence-corrected chi connectivity index (χ2v) is 6.11. The van der Waals surface area contributed by atoms with Crippen LogP contribution < -0.4 is 5.32 Å². The molecular weight excluding hydrogens is 264 g/mol. The zero-order chi connectivity index (χ0) is 14.2. The first kappa shape index (κ1) is 12.6. The molecule has 1 N–H and O–H groups in total. The lowest BCUT2D eigenvalue weighted by Crippen LogP contribution is -2.26. The summed E-state index contributed by atoms with van der Waals surface area (Å²) in [5, 5.41) is 6.84. The van der Waals surface area contributed by atoms with E-state index < -0.39 is 0 Å². The van der Waals surface area contributed by atoms with E-state index in [9.17, 15) is 4.79 Å². The second-order valence-electron chi connectivity index (χ2n) is 6.11. The number of amides is 1. The van der Waals surface area contributed by atoms with Crippen molar-refractivity contribution in [1.82, 2.24) is 10.5 Å². The van der Waals surface area contributed by atoms with Gasteiger partial charge in [0.2, 0.25) is 0 Å². The van der Waals surface area contributed by atoms with Crippen molar-refractivity contribution in [3.8, 4) is 0 Å². The maximum absolute atomic E-state index is 12.0. The van der Waals surface area contributed by atoms with E-state index >= 15 is 0 Å². The Bertz CT molecular complexity index is 646. The monoisotopic (exact) mass is 282 g/mol. The Morgan fingerprint density at radius 3 is 2.86 bits per heavy atom. The van der Waals surface area contributed by atoms with Crippen molar-refractivity contribution in [2.45, 2.75) is 31.1 Å². The van der Waals surface area contributed by atoms with Crippen molar-refractivity contribution in [3.63, 3.8) is 0 Å². The molecule has 0 spiro atoms. The van der Waals surface area contributed by atoms with E-state index in [0.29, 0.717) is 30.0 Å². The molecule has 2 atom stereocenters. The predicted octanol–water partition coefficient (Wildman–Crippen LogP) is 3.09. The Kier molecular flexibility index (Phi) is 3.02. The lowest BCUT2D eigenvalue weighted by atomic mass is 10.1. The molecule has 1 amide bonds. The molecule has 2 unspecified atom stereocenters. The fourth-order valence-electron chi connectivity index (χ4n) is 2.85. The minimum Gasteiger partial charge on any atom is -0.360 e. The number of nitrogens with one attached hydrogen (secondary N) is 1. The van der Waals surface area contributed by atoms with Gasteiger partial charge in [-0.15, -0.1) is 0 Å². The lowest BCUT2D eigenvalue weighted by molar-refractivity contribution is 0.0942. The number of nitrogens with zero attached hydrogens (tertiary/aromatic N) is 1. The predicted molar refractivity (Wildman–Crippen MR) is 78.1 cm³/mol. The number of hydrogen-bond acceptors (Lipinski definition) is 3. The molecule has 1 aromatic heterocycles. The summed E-state index contributed by atoms with van der Waals surface area (Å²) in [6.07, 6.45) is 3.45. The molecule has 4 rings (SSSR count). The van der Waals surface area contributed by atoms with Gasteiger partial charge in [0, 0.05) is 18.5 Å². The molecule has 0 saturated heterocycles. The first-order valence-corrected chi connectivity index (χ1v) is 7.61. The lowest BCUT2D eigenvalue weighted by Gasteiger charge is -2.02. The van der Waals surface area contributed by atoms with Gasteiger partial charge < -0.3 is 9.84 Å². The molecule has 2 aliphatic rings. The number of hydrogen-bond donors (Lipinski definition) is 1. The molecular formula is C17H18N2O2. The third kappa shape index (κ3) is 2.71. The van der Waals surface area contributed by atoms with E-state index in [1.54, 1.807) is 6.07 Å². The summed E-state index contributed by atoms with van der Waals surface area (Å²) < 4.78 is 5.21. The maximum atomic E-state index is 12.0.